The van der Waals surface area contributed by atoms with Crippen LogP contribution >= 0.6 is 11.6 Å². The molecule has 0 spiro atoms. The average molecular weight is 435 g/mol. The maximum atomic E-state index is 12.1. The Balaban J connectivity index is 1.92. The van der Waals surface area contributed by atoms with Crippen LogP contribution in [0.25, 0.3) is 0 Å². The van der Waals surface area contributed by atoms with Crippen LogP contribution in [0.15, 0.2) is 42.5 Å². The summed E-state index contributed by atoms with van der Waals surface area (Å²) in [4.78, 5) is 46.1. The topological polar surface area (TPSA) is 125 Å². The third-order valence-electron chi connectivity index (χ3n) is 3.85. The molecule has 1 N–H and O–H groups in total. The van der Waals surface area contributed by atoms with Crippen LogP contribution in [-0.2, 0) is 14.3 Å². The summed E-state index contributed by atoms with van der Waals surface area (Å²) in [5.41, 5.74) is 0.278. The second-order valence-corrected chi connectivity index (χ2v) is 6.52. The van der Waals surface area contributed by atoms with E-state index in [1.165, 1.54) is 30.3 Å². The number of carbonyl (C=O) groups excluding carboxylic acids is 3. The number of benzene rings is 2. The van der Waals surface area contributed by atoms with E-state index in [0.29, 0.717) is 0 Å². The number of nitrogens with zero attached hydrogens (tertiary/aromatic N) is 1. The first-order valence-electron chi connectivity index (χ1n) is 9.00. The minimum atomic E-state index is -0.809. The number of nitro benzene ring substituents is 1. The summed E-state index contributed by atoms with van der Waals surface area (Å²) in [6.07, 6.45) is 1.59. The van der Waals surface area contributed by atoms with Gasteiger partial charge in [-0.3, -0.25) is 14.9 Å². The van der Waals surface area contributed by atoms with Gasteiger partial charge in [-0.1, -0.05) is 24.9 Å². The minimum absolute atomic E-state index is 0.0667. The molecule has 0 fully saturated rings. The maximum Gasteiger partial charge on any atom is 0.339 e. The van der Waals surface area contributed by atoms with Crippen molar-refractivity contribution in [1.29, 1.82) is 0 Å². The lowest BCUT2D eigenvalue weighted by atomic mass is 10.2. The van der Waals surface area contributed by atoms with Crippen molar-refractivity contribution in [3.05, 3.63) is 68.7 Å². The Morgan fingerprint density at radius 3 is 2.40 bits per heavy atom. The molecule has 0 saturated carbocycles. The van der Waals surface area contributed by atoms with Crippen LogP contribution in [0.1, 0.15) is 40.5 Å². The smallest absolute Gasteiger partial charge is 0.339 e. The van der Waals surface area contributed by atoms with Crippen LogP contribution in [0, 0.1) is 10.1 Å². The molecule has 10 heteroatoms. The van der Waals surface area contributed by atoms with Crippen molar-refractivity contribution in [3.63, 3.8) is 0 Å². The summed E-state index contributed by atoms with van der Waals surface area (Å²) >= 11 is 6.02. The summed E-state index contributed by atoms with van der Waals surface area (Å²) in [5.74, 6) is -2.05. The molecular weight excluding hydrogens is 416 g/mol. The number of nitro groups is 1. The molecule has 0 aromatic heterocycles. The largest absolute Gasteiger partial charge is 0.462 e. The summed E-state index contributed by atoms with van der Waals surface area (Å²) < 4.78 is 10.0. The van der Waals surface area contributed by atoms with E-state index in [-0.39, 0.29) is 34.1 Å². The maximum absolute atomic E-state index is 12.1. The van der Waals surface area contributed by atoms with Gasteiger partial charge in [0.05, 0.1) is 27.7 Å². The van der Waals surface area contributed by atoms with Gasteiger partial charge < -0.3 is 14.8 Å². The Hall–Kier alpha value is -3.46. The molecule has 2 rings (SSSR count). The van der Waals surface area contributed by atoms with Gasteiger partial charge in [-0.05, 0) is 36.8 Å². The predicted molar refractivity (Wildman–Crippen MR) is 109 cm³/mol. The number of esters is 2. The van der Waals surface area contributed by atoms with Crippen LogP contribution in [0.2, 0.25) is 5.02 Å². The molecule has 0 radical (unpaired) electrons. The number of halogens is 1. The number of nitrogens with one attached hydrogen (secondary N) is 1. The van der Waals surface area contributed by atoms with Crippen molar-refractivity contribution in [3.8, 4) is 0 Å². The third kappa shape index (κ3) is 6.56. The van der Waals surface area contributed by atoms with Crippen LogP contribution in [0.3, 0.4) is 0 Å². The molecule has 0 aliphatic carbocycles. The molecule has 0 bridgehead atoms. The molecule has 158 valence electrons. The zero-order valence-electron chi connectivity index (χ0n) is 16.1. The number of anilines is 1. The van der Waals surface area contributed by atoms with E-state index in [1.807, 2.05) is 6.92 Å². The van der Waals surface area contributed by atoms with Crippen LogP contribution in [-0.4, -0.2) is 36.0 Å². The number of amides is 1. The van der Waals surface area contributed by atoms with Crippen molar-refractivity contribution >= 4 is 40.8 Å². The summed E-state index contributed by atoms with van der Waals surface area (Å²) in [6, 6.07) is 9.07. The molecule has 30 heavy (non-hydrogen) atoms. The zero-order valence-corrected chi connectivity index (χ0v) is 16.8. The second-order valence-electron chi connectivity index (χ2n) is 6.11. The molecule has 0 aliphatic heterocycles. The highest BCUT2D eigenvalue weighted by Crippen LogP contribution is 2.22. The van der Waals surface area contributed by atoms with Gasteiger partial charge in [0.1, 0.15) is 0 Å². The van der Waals surface area contributed by atoms with Gasteiger partial charge in [0, 0.05) is 17.8 Å². The summed E-state index contributed by atoms with van der Waals surface area (Å²) in [5, 5.41) is 13.3. The Labute approximate surface area is 177 Å². The Kier molecular flexibility index (Phi) is 8.30. The fourth-order valence-electron chi connectivity index (χ4n) is 2.28. The van der Waals surface area contributed by atoms with Gasteiger partial charge in [0.15, 0.2) is 6.61 Å². The highest BCUT2D eigenvalue weighted by Gasteiger charge is 2.15. The van der Waals surface area contributed by atoms with E-state index < -0.39 is 29.4 Å². The number of carbonyl (C=O) groups is 3. The van der Waals surface area contributed by atoms with E-state index in [4.69, 9.17) is 21.1 Å². The first-order chi connectivity index (χ1) is 14.3. The number of rotatable bonds is 9. The number of hydrogen-bond donors (Lipinski definition) is 1. The highest BCUT2D eigenvalue weighted by atomic mass is 35.5. The van der Waals surface area contributed by atoms with E-state index in [9.17, 15) is 24.5 Å². The summed E-state index contributed by atoms with van der Waals surface area (Å²) in [6.45, 7) is 1.64. The monoisotopic (exact) mass is 434 g/mol. The van der Waals surface area contributed by atoms with E-state index >= 15 is 0 Å². The first kappa shape index (κ1) is 22.8. The van der Waals surface area contributed by atoms with Gasteiger partial charge in [-0.15, -0.1) is 0 Å². The number of non-ortho nitro benzene ring substituents is 1. The predicted octanol–water partition coefficient (Wildman–Crippen LogP) is 4.00. The lowest BCUT2D eigenvalue weighted by Gasteiger charge is -2.10. The molecule has 2 aromatic rings. The molecule has 9 nitrogen and oxygen atoms in total. The van der Waals surface area contributed by atoms with Crippen molar-refractivity contribution in [1.82, 2.24) is 0 Å². The zero-order chi connectivity index (χ0) is 22.1. The molecule has 0 unspecified atom stereocenters. The standard InChI is InChI=1S/C20H19ClN2O7/c1-2-3-10-29-20(26)16-11-14(6-9-17(16)21)22-18(24)12-30-19(25)13-4-7-15(8-5-13)23(27)28/h4-9,11H,2-3,10,12H2,1H3,(H,22,24). The minimum Gasteiger partial charge on any atom is -0.462 e. The molecule has 0 saturated heterocycles. The van der Waals surface area contributed by atoms with Gasteiger partial charge >= 0.3 is 11.9 Å². The lowest BCUT2D eigenvalue weighted by Crippen LogP contribution is -2.21. The Morgan fingerprint density at radius 2 is 1.77 bits per heavy atom. The average Bonchev–Trinajstić information content (AvgIpc) is 2.73. The van der Waals surface area contributed by atoms with Crippen molar-refractivity contribution < 1.29 is 28.8 Å². The molecule has 2 aromatic carbocycles. The highest BCUT2D eigenvalue weighted by molar-refractivity contribution is 6.33. The molecule has 0 heterocycles. The summed E-state index contributed by atoms with van der Waals surface area (Å²) in [7, 11) is 0. The molecule has 0 aliphatic rings. The quantitative estimate of drug-likeness (QED) is 0.273. The van der Waals surface area contributed by atoms with Gasteiger partial charge in [-0.25, -0.2) is 9.59 Å². The van der Waals surface area contributed by atoms with Crippen molar-refractivity contribution in [2.45, 2.75) is 19.8 Å². The fourth-order valence-corrected chi connectivity index (χ4v) is 2.47. The van der Waals surface area contributed by atoms with Crippen LogP contribution in [0.5, 0.6) is 0 Å². The van der Waals surface area contributed by atoms with Crippen molar-refractivity contribution in [2.75, 3.05) is 18.5 Å². The molecule has 1 amide bonds. The SMILES string of the molecule is CCCCOC(=O)c1cc(NC(=O)COC(=O)c2ccc([N+](=O)[O-])cc2)ccc1Cl. The van der Waals surface area contributed by atoms with Gasteiger partial charge in [-0.2, -0.15) is 0 Å². The molecular formula is C20H19ClN2O7. The van der Waals surface area contributed by atoms with E-state index in [1.54, 1.807) is 0 Å². The van der Waals surface area contributed by atoms with Crippen LogP contribution in [0.4, 0.5) is 11.4 Å². The van der Waals surface area contributed by atoms with E-state index in [2.05, 4.69) is 5.32 Å². The number of unbranched alkanes of at least 4 members (excludes halogenated alkanes) is 1. The second kappa shape index (κ2) is 10.9. The first-order valence-corrected chi connectivity index (χ1v) is 9.37. The Morgan fingerprint density at radius 1 is 1.07 bits per heavy atom. The lowest BCUT2D eigenvalue weighted by molar-refractivity contribution is -0.384. The van der Waals surface area contributed by atoms with Crippen molar-refractivity contribution in [2.24, 2.45) is 0 Å². The van der Waals surface area contributed by atoms with Gasteiger partial charge in [0.25, 0.3) is 11.6 Å². The van der Waals surface area contributed by atoms with E-state index in [0.717, 1.165) is 25.0 Å². The van der Waals surface area contributed by atoms with Crippen LogP contribution < -0.4 is 5.32 Å². The molecule has 0 atom stereocenters. The van der Waals surface area contributed by atoms with Gasteiger partial charge in [0.2, 0.25) is 0 Å². The number of hydrogen-bond acceptors (Lipinski definition) is 7. The fraction of sp³-hybridized carbons (Fsp3) is 0.250. The number of ether oxygens (including phenoxy) is 2. The third-order valence-corrected chi connectivity index (χ3v) is 4.18. The Bertz CT molecular complexity index is 945. The normalized spacial score (nSPS) is 10.2.